The lowest BCUT2D eigenvalue weighted by Gasteiger charge is -2.29. The Balaban J connectivity index is 1.39. The van der Waals surface area contributed by atoms with Crippen LogP contribution < -0.4 is 19.4 Å². The number of quaternary nitrogens is 2. The molecule has 2 N–H and O–H groups in total. The monoisotopic (exact) mass is 369 g/mol. The summed E-state index contributed by atoms with van der Waals surface area (Å²) in [6.45, 7) is 8.96. The van der Waals surface area contributed by atoms with Crippen LogP contribution in [0.4, 0.5) is 0 Å². The van der Waals surface area contributed by atoms with Gasteiger partial charge in [0.05, 0.1) is 0 Å². The van der Waals surface area contributed by atoms with Gasteiger partial charge < -0.3 is 14.5 Å². The van der Waals surface area contributed by atoms with Crippen molar-refractivity contribution in [1.82, 2.24) is 4.57 Å². The fourth-order valence-electron chi connectivity index (χ4n) is 3.03. The van der Waals surface area contributed by atoms with Crippen LogP contribution in [0.15, 0.2) is 34.4 Å². The Kier molecular flexibility index (Phi) is 5.94. The van der Waals surface area contributed by atoms with Crippen LogP contribution in [0.2, 0.25) is 5.02 Å². The molecule has 24 heavy (non-hydrogen) atoms. The lowest BCUT2D eigenvalue weighted by atomic mass is 10.3. The number of halogens is 1. The molecule has 0 radical (unpaired) electrons. The number of benzene rings is 1. The van der Waals surface area contributed by atoms with Gasteiger partial charge in [-0.05, 0) is 31.2 Å². The quantitative estimate of drug-likeness (QED) is 0.733. The van der Waals surface area contributed by atoms with E-state index in [1.165, 1.54) is 16.2 Å². The van der Waals surface area contributed by atoms with Crippen molar-refractivity contribution < 1.29 is 14.5 Å². The lowest BCUT2D eigenvalue weighted by Crippen LogP contribution is -3.28. The fraction of sp³-hybridized carbons (Fsp3) is 0.471. The molecule has 0 atom stereocenters. The highest BCUT2D eigenvalue weighted by Crippen LogP contribution is 2.14. The van der Waals surface area contributed by atoms with Crippen LogP contribution in [0.1, 0.15) is 5.69 Å². The smallest absolute Gasteiger partial charge is 0.311 e. The first-order chi connectivity index (χ1) is 11.6. The second-order valence-corrected chi connectivity index (χ2v) is 7.54. The minimum absolute atomic E-state index is 0.158. The molecule has 1 aromatic carbocycles. The SMILES string of the molecule is Cc1csc(=O)n1C[NH+]1CC[NH+](CCOc2ccc(Cl)cc2)CC1. The van der Waals surface area contributed by atoms with E-state index < -0.39 is 0 Å². The summed E-state index contributed by atoms with van der Waals surface area (Å²) in [7, 11) is 0. The molecule has 2 heterocycles. The second-order valence-electron chi connectivity index (χ2n) is 6.28. The third-order valence-electron chi connectivity index (χ3n) is 4.56. The highest BCUT2D eigenvalue weighted by molar-refractivity contribution is 7.07. The maximum atomic E-state index is 11.8. The first-order valence-electron chi connectivity index (χ1n) is 8.32. The molecule has 0 aliphatic carbocycles. The van der Waals surface area contributed by atoms with Crippen molar-refractivity contribution in [3.63, 3.8) is 0 Å². The molecule has 0 unspecified atom stereocenters. The summed E-state index contributed by atoms with van der Waals surface area (Å²) in [5, 5.41) is 2.67. The summed E-state index contributed by atoms with van der Waals surface area (Å²) in [4.78, 5) is 15.0. The summed E-state index contributed by atoms with van der Waals surface area (Å²) in [6, 6.07) is 7.50. The number of nitrogens with zero attached hydrogens (tertiary/aromatic N) is 1. The Morgan fingerprint density at radius 3 is 2.46 bits per heavy atom. The number of piperazine rings is 1. The standard InChI is InChI=1S/C17H22ClN3O2S/c1-14-12-24-17(22)21(14)13-20-8-6-19(7-9-20)10-11-23-16-4-2-15(18)3-5-16/h2-5,12H,6-11,13H2,1H3/p+2. The van der Waals surface area contributed by atoms with Gasteiger partial charge in [-0.3, -0.25) is 9.36 Å². The lowest BCUT2D eigenvalue weighted by molar-refractivity contribution is -1.02. The number of ether oxygens (including phenoxy) is 1. The predicted octanol–water partition coefficient (Wildman–Crippen LogP) is -0.308. The topological polar surface area (TPSA) is 40.1 Å². The average molecular weight is 370 g/mol. The van der Waals surface area contributed by atoms with Gasteiger partial charge in [0.25, 0.3) is 0 Å². The van der Waals surface area contributed by atoms with Crippen molar-refractivity contribution in [2.75, 3.05) is 39.3 Å². The second kappa shape index (κ2) is 8.16. The van der Waals surface area contributed by atoms with Crippen molar-refractivity contribution in [1.29, 1.82) is 0 Å². The molecule has 3 rings (SSSR count). The highest BCUT2D eigenvalue weighted by Gasteiger charge is 2.23. The third kappa shape index (κ3) is 4.60. The van der Waals surface area contributed by atoms with Crippen molar-refractivity contribution in [2.24, 2.45) is 0 Å². The Labute approximate surface area is 151 Å². The Morgan fingerprint density at radius 2 is 1.83 bits per heavy atom. The maximum absolute atomic E-state index is 11.8. The summed E-state index contributed by atoms with van der Waals surface area (Å²) < 4.78 is 7.67. The molecule has 7 heteroatoms. The van der Waals surface area contributed by atoms with E-state index in [1.807, 2.05) is 41.1 Å². The van der Waals surface area contributed by atoms with Crippen molar-refractivity contribution in [3.05, 3.63) is 50.0 Å². The summed E-state index contributed by atoms with van der Waals surface area (Å²) in [5.74, 6) is 0.871. The molecule has 1 fully saturated rings. The van der Waals surface area contributed by atoms with Gasteiger partial charge in [0.1, 0.15) is 45.1 Å². The van der Waals surface area contributed by atoms with E-state index in [0.717, 1.165) is 62.5 Å². The van der Waals surface area contributed by atoms with Gasteiger partial charge in [0.2, 0.25) is 0 Å². The Morgan fingerprint density at radius 1 is 1.17 bits per heavy atom. The number of rotatable bonds is 6. The minimum atomic E-state index is 0.158. The molecular formula is C17H24ClN3O2S+2. The average Bonchev–Trinajstić information content (AvgIpc) is 2.90. The number of nitrogens with one attached hydrogen (secondary N) is 2. The van der Waals surface area contributed by atoms with Gasteiger partial charge in [0.15, 0.2) is 6.67 Å². The zero-order chi connectivity index (χ0) is 16.9. The van der Waals surface area contributed by atoms with E-state index in [9.17, 15) is 4.79 Å². The molecule has 1 aliphatic rings. The van der Waals surface area contributed by atoms with Crippen LogP contribution in [0, 0.1) is 6.92 Å². The molecule has 1 aromatic heterocycles. The van der Waals surface area contributed by atoms with Crippen LogP contribution in [0.25, 0.3) is 0 Å². The molecule has 1 aliphatic heterocycles. The van der Waals surface area contributed by atoms with Gasteiger partial charge >= 0.3 is 4.87 Å². The number of aryl methyl sites for hydroxylation is 1. The minimum Gasteiger partial charge on any atom is -0.488 e. The van der Waals surface area contributed by atoms with Crippen LogP contribution in [0.5, 0.6) is 5.75 Å². The van der Waals surface area contributed by atoms with E-state index >= 15 is 0 Å². The predicted molar refractivity (Wildman–Crippen MR) is 96.5 cm³/mol. The Bertz CT molecular complexity index is 705. The molecule has 0 amide bonds. The largest absolute Gasteiger partial charge is 0.488 e. The summed E-state index contributed by atoms with van der Waals surface area (Å²) >= 11 is 7.16. The van der Waals surface area contributed by atoms with Crippen molar-refractivity contribution >= 4 is 22.9 Å². The first-order valence-corrected chi connectivity index (χ1v) is 9.58. The highest BCUT2D eigenvalue weighted by atomic mass is 35.5. The van der Waals surface area contributed by atoms with Crippen LogP contribution in [0.3, 0.4) is 0 Å². The van der Waals surface area contributed by atoms with E-state index in [-0.39, 0.29) is 4.87 Å². The maximum Gasteiger partial charge on any atom is 0.311 e. The number of thiazole rings is 1. The van der Waals surface area contributed by atoms with Crippen LogP contribution >= 0.6 is 22.9 Å². The van der Waals surface area contributed by atoms with Gasteiger partial charge in [-0.25, -0.2) is 0 Å². The molecule has 130 valence electrons. The zero-order valence-electron chi connectivity index (χ0n) is 13.9. The van der Waals surface area contributed by atoms with Crippen LogP contribution in [-0.4, -0.2) is 43.9 Å². The first kappa shape index (κ1) is 17.5. The molecule has 5 nitrogen and oxygen atoms in total. The van der Waals surface area contributed by atoms with Gasteiger partial charge in [-0.2, -0.15) is 0 Å². The van der Waals surface area contributed by atoms with Crippen LogP contribution in [-0.2, 0) is 6.67 Å². The molecule has 0 spiro atoms. The summed E-state index contributed by atoms with van der Waals surface area (Å²) in [6.07, 6.45) is 0. The van der Waals surface area contributed by atoms with Gasteiger partial charge in [-0.1, -0.05) is 22.9 Å². The van der Waals surface area contributed by atoms with Gasteiger partial charge in [-0.15, -0.1) is 0 Å². The molecular weight excluding hydrogens is 346 g/mol. The van der Waals surface area contributed by atoms with E-state index in [4.69, 9.17) is 16.3 Å². The zero-order valence-corrected chi connectivity index (χ0v) is 15.5. The molecule has 0 saturated carbocycles. The fourth-order valence-corrected chi connectivity index (χ4v) is 3.89. The third-order valence-corrected chi connectivity index (χ3v) is 5.69. The normalized spacial score (nSPS) is 20.9. The van der Waals surface area contributed by atoms with Gasteiger partial charge in [0, 0.05) is 16.1 Å². The number of aromatic nitrogens is 1. The van der Waals surface area contributed by atoms with E-state index in [1.54, 1.807) is 4.90 Å². The number of hydrogen-bond acceptors (Lipinski definition) is 3. The molecule has 2 aromatic rings. The van der Waals surface area contributed by atoms with Crippen molar-refractivity contribution in [2.45, 2.75) is 13.6 Å². The Hall–Kier alpha value is -1.34. The number of hydrogen-bond donors (Lipinski definition) is 2. The van der Waals surface area contributed by atoms with E-state index in [2.05, 4.69) is 0 Å². The molecule has 0 bridgehead atoms. The van der Waals surface area contributed by atoms with E-state index in [0.29, 0.717) is 0 Å². The van der Waals surface area contributed by atoms with Crippen molar-refractivity contribution in [3.8, 4) is 5.75 Å². The summed E-state index contributed by atoms with van der Waals surface area (Å²) in [5.41, 5.74) is 1.07. The molecule has 1 saturated heterocycles.